The van der Waals surface area contributed by atoms with Crippen LogP contribution >= 0.6 is 11.6 Å². The number of anilines is 1. The number of carbonyl (C=O) groups excluding carboxylic acids is 6. The van der Waals surface area contributed by atoms with Gasteiger partial charge >= 0.3 is 6.09 Å². The number of nitrogens with zero attached hydrogens (tertiary/aromatic N) is 6. The lowest BCUT2D eigenvalue weighted by atomic mass is 9.88. The van der Waals surface area contributed by atoms with Gasteiger partial charge in [0.2, 0.25) is 0 Å². The molecule has 0 spiro atoms. The maximum absolute atomic E-state index is 13.5. The van der Waals surface area contributed by atoms with Gasteiger partial charge in [-0.05, 0) is 240 Å². The average molecular weight is 1410 g/mol. The summed E-state index contributed by atoms with van der Waals surface area (Å²) in [6.45, 7) is 25.3. The van der Waals surface area contributed by atoms with Crippen LogP contribution in [0.2, 0.25) is 0 Å². The van der Waals surface area contributed by atoms with Crippen molar-refractivity contribution in [2.75, 3.05) is 11.9 Å². The van der Waals surface area contributed by atoms with Crippen LogP contribution in [0.25, 0.3) is 21.9 Å². The zero-order chi connectivity index (χ0) is 73.4. The van der Waals surface area contributed by atoms with Crippen LogP contribution in [0.15, 0.2) is 115 Å². The number of halogens is 1. The lowest BCUT2D eigenvalue weighted by Gasteiger charge is -2.39. The zero-order valence-corrected chi connectivity index (χ0v) is 62.1. The molecule has 5 heterocycles. The molecule has 540 valence electrons. The molecular formula is C81H100ClN11O9. The third-order valence-corrected chi connectivity index (χ3v) is 19.6. The SMILES string of the molecule is Cc1cccc(C)c1C(=O)Cl.Cc1cccc(C)c1C(=O)NC1CC1.Cc1cccc(CC(=O)C(C)NC(=O)OC(C)(C)C)c1C(=O)NC1CC1.Cc1cccc2c1C(=O)N(C1CC1)C([C@H](C)N)C2.Cc1cccc2cc([C@H](C)Nc3ncnc4c3ncn4C3CCCCO3)n(C3CC3)c(=O)c12. The van der Waals surface area contributed by atoms with Crippen LogP contribution < -0.4 is 32.6 Å². The average Bonchev–Trinajstić information content (AvgIpc) is 1.44. The molecule has 4 saturated carbocycles. The van der Waals surface area contributed by atoms with Crippen LogP contribution in [0.4, 0.5) is 10.6 Å². The molecule has 8 aromatic rings. The number of hydrogen-bond acceptors (Lipinski definition) is 14. The summed E-state index contributed by atoms with van der Waals surface area (Å²) in [5.74, 6) is 0.631. The molecule has 0 radical (unpaired) electrons. The van der Waals surface area contributed by atoms with Crippen molar-refractivity contribution >= 4 is 74.2 Å². The van der Waals surface area contributed by atoms with Gasteiger partial charge in [-0.2, -0.15) is 0 Å². The minimum atomic E-state index is -0.704. The number of Topliss-reactive ketones (excluding diaryl/α,β-unsaturated/α-hetero) is 1. The summed E-state index contributed by atoms with van der Waals surface area (Å²) in [5, 5.41) is 13.5. The van der Waals surface area contributed by atoms with Crippen LogP contribution in [-0.4, -0.2) is 112 Å². The van der Waals surface area contributed by atoms with E-state index < -0.39 is 17.7 Å². The number of benzene rings is 5. The fraction of sp³-hybridized carbons (Fsp3) is 0.457. The van der Waals surface area contributed by atoms with Gasteiger partial charge in [-0.3, -0.25) is 33.3 Å². The Kier molecular flexibility index (Phi) is 24.4. The normalized spacial score (nSPS) is 17.8. The van der Waals surface area contributed by atoms with E-state index in [-0.39, 0.29) is 77.2 Å². The Labute approximate surface area is 603 Å². The molecule has 102 heavy (non-hydrogen) atoms. The van der Waals surface area contributed by atoms with Gasteiger partial charge in [0.15, 0.2) is 22.8 Å². The molecule has 6 aliphatic rings. The molecule has 5 atom stereocenters. The molecule has 5 aromatic carbocycles. The van der Waals surface area contributed by atoms with Crippen molar-refractivity contribution in [1.82, 2.24) is 44.9 Å². The molecule has 20 nitrogen and oxygen atoms in total. The van der Waals surface area contributed by atoms with E-state index in [2.05, 4.69) is 60.2 Å². The molecular weight excluding hydrogens is 1310 g/mol. The number of nitrogens with two attached hydrogens (primary N) is 1. The molecule has 14 rings (SSSR count). The standard InChI is InChI=1S/C25H28N6O2.C20H28N2O4.C15H20N2O.C12H15NO.C9H9ClO/c1-15-6-5-7-17-12-19(31(18-9-10-18)25(32)21(15)17)16(2)29-23-22-24(27-13-26-23)30(14-28-22)20-8-3-4-11-33-20;1-12-7-6-8-14(17(12)18(24)22-15-9-10-15)11-16(23)13(2)21-19(25)26-20(3,4)5;1-9-4-3-5-11-8-13(10(2)16)17(12-6-7-12)15(18)14(9)11;1-8-4-3-5-9(2)11(8)12(14)13-10-6-7-10;1-6-4-3-5-7(2)8(6)9(10)11/h5-7,12-14,16,18,20H,3-4,8-11H2,1-2H3,(H,26,27,29);6-8,13,15H,9-11H2,1-5H3,(H,21,25)(H,22,24);3-5,10,12-13H,6-8,16H2,1-2H3;3-5,10H,6-7H2,1-2H3,(H,13,14);3-5H,1-2H3/t16-,20?;;10-,13?;;/m0.0../s1. The van der Waals surface area contributed by atoms with Crippen LogP contribution in [0.3, 0.4) is 0 Å². The van der Waals surface area contributed by atoms with Crippen molar-refractivity contribution in [2.24, 2.45) is 5.73 Å². The number of ether oxygens (including phenoxy) is 2. The fourth-order valence-corrected chi connectivity index (χ4v) is 13.7. The summed E-state index contributed by atoms with van der Waals surface area (Å²) in [6, 6.07) is 32.1. The van der Waals surface area contributed by atoms with Crippen molar-refractivity contribution in [2.45, 2.75) is 234 Å². The smallest absolute Gasteiger partial charge is 0.408 e. The lowest BCUT2D eigenvalue weighted by Crippen LogP contribution is -2.54. The summed E-state index contributed by atoms with van der Waals surface area (Å²) in [7, 11) is 0. The summed E-state index contributed by atoms with van der Waals surface area (Å²) in [4.78, 5) is 101. The van der Waals surface area contributed by atoms with Crippen LogP contribution in [0, 0.1) is 48.5 Å². The molecule has 4 aliphatic carbocycles. The Balaban J connectivity index is 0.000000145. The molecule has 1 saturated heterocycles. The topological polar surface area (TPSA) is 264 Å². The summed E-state index contributed by atoms with van der Waals surface area (Å²) < 4.78 is 15.1. The maximum atomic E-state index is 13.5. The number of fused-ring (bicyclic) bond motifs is 3. The van der Waals surface area contributed by atoms with Crippen molar-refractivity contribution in [3.05, 3.63) is 198 Å². The summed E-state index contributed by atoms with van der Waals surface area (Å²) in [6.07, 6.45) is 15.5. The first-order valence-corrected chi connectivity index (χ1v) is 36.4. The summed E-state index contributed by atoms with van der Waals surface area (Å²) in [5.41, 5.74) is 19.7. The molecule has 2 aliphatic heterocycles. The zero-order valence-electron chi connectivity index (χ0n) is 61.3. The molecule has 6 N–H and O–H groups in total. The van der Waals surface area contributed by atoms with Crippen LogP contribution in [0.1, 0.15) is 228 Å². The van der Waals surface area contributed by atoms with Gasteiger partial charge in [0, 0.05) is 71.2 Å². The Morgan fingerprint density at radius 1 is 0.667 bits per heavy atom. The molecule has 21 heteroatoms. The second-order valence-electron chi connectivity index (χ2n) is 29.4. The van der Waals surface area contributed by atoms with Gasteiger partial charge in [-0.15, -0.1) is 0 Å². The van der Waals surface area contributed by atoms with E-state index in [9.17, 15) is 33.6 Å². The number of imidazole rings is 1. The van der Waals surface area contributed by atoms with Gasteiger partial charge in [0.1, 0.15) is 18.2 Å². The molecule has 3 unspecified atom stereocenters. The Hall–Kier alpha value is -9.11. The van der Waals surface area contributed by atoms with Crippen molar-refractivity contribution in [3.8, 4) is 0 Å². The first kappa shape index (κ1) is 75.6. The van der Waals surface area contributed by atoms with E-state index in [1.807, 2.05) is 143 Å². The first-order valence-electron chi connectivity index (χ1n) is 36.0. The van der Waals surface area contributed by atoms with E-state index in [1.54, 1.807) is 46.4 Å². The third-order valence-electron chi connectivity index (χ3n) is 19.4. The molecule has 5 fully saturated rings. The minimum absolute atomic E-state index is 0.0308. The van der Waals surface area contributed by atoms with E-state index in [0.717, 1.165) is 161 Å². The van der Waals surface area contributed by atoms with Gasteiger partial charge < -0.3 is 45.9 Å². The number of alkyl carbamates (subject to hydrolysis) is 1. The number of hydrogen-bond donors (Lipinski definition) is 5. The quantitative estimate of drug-likeness (QED) is 0.0564. The lowest BCUT2D eigenvalue weighted by molar-refractivity contribution is -0.120. The van der Waals surface area contributed by atoms with Gasteiger partial charge in [-0.25, -0.2) is 19.7 Å². The number of carbonyl (C=O) groups is 6. The predicted octanol–water partition coefficient (Wildman–Crippen LogP) is 14.3. The molecule has 4 amide bonds. The maximum Gasteiger partial charge on any atom is 0.408 e. The highest BCUT2D eigenvalue weighted by Gasteiger charge is 2.43. The second-order valence-corrected chi connectivity index (χ2v) is 29.7. The highest BCUT2D eigenvalue weighted by Crippen LogP contribution is 2.39. The van der Waals surface area contributed by atoms with Crippen LogP contribution in [0.5, 0.6) is 0 Å². The summed E-state index contributed by atoms with van der Waals surface area (Å²) >= 11 is 5.37. The second kappa shape index (κ2) is 32.9. The van der Waals surface area contributed by atoms with Crippen LogP contribution in [-0.2, 0) is 27.1 Å². The van der Waals surface area contributed by atoms with E-state index in [0.29, 0.717) is 34.6 Å². The number of nitrogens with one attached hydrogen (secondary N) is 4. The first-order chi connectivity index (χ1) is 48.6. The van der Waals surface area contributed by atoms with E-state index >= 15 is 0 Å². The number of aromatic nitrogens is 5. The largest absolute Gasteiger partial charge is 0.444 e. The monoisotopic (exact) mass is 1410 g/mol. The Bertz CT molecular complexity index is 4440. The van der Waals surface area contributed by atoms with Crippen molar-refractivity contribution in [1.29, 1.82) is 0 Å². The Morgan fingerprint density at radius 2 is 1.23 bits per heavy atom. The third kappa shape index (κ3) is 18.9. The molecule has 3 aromatic heterocycles. The van der Waals surface area contributed by atoms with Gasteiger partial charge in [0.25, 0.3) is 28.5 Å². The van der Waals surface area contributed by atoms with Crippen molar-refractivity contribution in [3.63, 3.8) is 0 Å². The number of amides is 4. The van der Waals surface area contributed by atoms with Crippen molar-refractivity contribution < 1.29 is 38.2 Å². The van der Waals surface area contributed by atoms with Gasteiger partial charge in [0.05, 0.1) is 29.8 Å². The number of ketones is 1. The minimum Gasteiger partial charge on any atom is -0.444 e. The highest BCUT2D eigenvalue weighted by atomic mass is 35.5. The van der Waals surface area contributed by atoms with E-state index in [1.165, 1.54) is 5.56 Å². The Morgan fingerprint density at radius 3 is 1.78 bits per heavy atom. The number of pyridine rings is 1. The fourth-order valence-electron chi connectivity index (χ4n) is 13.4. The van der Waals surface area contributed by atoms with Gasteiger partial charge in [-0.1, -0.05) is 91.0 Å². The predicted molar refractivity (Wildman–Crippen MR) is 401 cm³/mol. The molecule has 0 bridgehead atoms. The number of aryl methyl sites for hydroxylation is 7. The number of rotatable bonds is 16. The highest BCUT2D eigenvalue weighted by molar-refractivity contribution is 6.68. The van der Waals surface area contributed by atoms with E-state index in [4.69, 9.17) is 26.8 Å².